The largest absolute Gasteiger partial charge is 0.444 e. The summed E-state index contributed by atoms with van der Waals surface area (Å²) < 4.78 is 42.6. The molecule has 0 bridgehead atoms. The van der Waals surface area contributed by atoms with E-state index in [1.807, 2.05) is 0 Å². The van der Waals surface area contributed by atoms with Crippen molar-refractivity contribution in [3.63, 3.8) is 0 Å². The van der Waals surface area contributed by atoms with Gasteiger partial charge in [-0.3, -0.25) is 0 Å². The summed E-state index contributed by atoms with van der Waals surface area (Å²) in [5.74, 6) is 0. The van der Waals surface area contributed by atoms with Gasteiger partial charge < -0.3 is 9.64 Å². The first kappa shape index (κ1) is 19.5. The average molecular weight is 307 g/mol. The standard InChI is InChI=1S/C15H24F3NO2/c1-6-12(15(16,17)18)10-8-9-11-19(7-2)13(20)21-14(3,4)5/h6,10H,1,7-9,11H2,2-5H3/b12-10+. The van der Waals surface area contributed by atoms with Gasteiger partial charge in [-0.15, -0.1) is 0 Å². The number of unbranched alkanes of at least 4 members (excludes halogenated alkanes) is 1. The van der Waals surface area contributed by atoms with E-state index in [1.165, 1.54) is 4.90 Å². The van der Waals surface area contributed by atoms with Crippen molar-refractivity contribution < 1.29 is 22.7 Å². The molecule has 0 aromatic carbocycles. The molecule has 0 rings (SSSR count). The number of carbonyl (C=O) groups excluding carboxylic acids is 1. The van der Waals surface area contributed by atoms with E-state index in [1.54, 1.807) is 27.7 Å². The molecule has 0 aliphatic heterocycles. The maximum Gasteiger partial charge on any atom is 0.416 e. The number of nitrogens with zero attached hydrogens (tertiary/aromatic N) is 1. The maximum atomic E-state index is 12.5. The SMILES string of the molecule is C=C/C(=C\CCCN(CC)C(=O)OC(C)(C)C)C(F)(F)F. The van der Waals surface area contributed by atoms with Crippen molar-refractivity contribution in [2.75, 3.05) is 13.1 Å². The van der Waals surface area contributed by atoms with Crippen molar-refractivity contribution >= 4 is 6.09 Å². The fraction of sp³-hybridized carbons (Fsp3) is 0.667. The highest BCUT2D eigenvalue weighted by atomic mass is 19.4. The molecule has 122 valence electrons. The second-order valence-electron chi connectivity index (χ2n) is 5.56. The van der Waals surface area contributed by atoms with E-state index >= 15 is 0 Å². The first-order valence-electron chi connectivity index (χ1n) is 6.89. The monoisotopic (exact) mass is 307 g/mol. The molecule has 0 aliphatic carbocycles. The highest BCUT2D eigenvalue weighted by Crippen LogP contribution is 2.26. The molecule has 0 fully saturated rings. The smallest absolute Gasteiger partial charge is 0.416 e. The van der Waals surface area contributed by atoms with Crippen LogP contribution in [0.5, 0.6) is 0 Å². The minimum absolute atomic E-state index is 0.222. The Morgan fingerprint density at radius 3 is 2.24 bits per heavy atom. The van der Waals surface area contributed by atoms with Gasteiger partial charge in [0.25, 0.3) is 0 Å². The number of hydrogen-bond acceptors (Lipinski definition) is 2. The van der Waals surface area contributed by atoms with Crippen LogP contribution >= 0.6 is 0 Å². The molecule has 6 heteroatoms. The topological polar surface area (TPSA) is 29.5 Å². The summed E-state index contributed by atoms with van der Waals surface area (Å²) in [4.78, 5) is 13.3. The van der Waals surface area contributed by atoms with Gasteiger partial charge in [0.05, 0.1) is 5.57 Å². The number of amides is 1. The highest BCUT2D eigenvalue weighted by molar-refractivity contribution is 5.68. The normalized spacial score (nSPS) is 13.0. The second kappa shape index (κ2) is 8.10. The van der Waals surface area contributed by atoms with Gasteiger partial charge in [-0.05, 0) is 40.5 Å². The zero-order valence-corrected chi connectivity index (χ0v) is 13.1. The molecule has 0 heterocycles. The van der Waals surface area contributed by atoms with E-state index in [4.69, 9.17) is 4.74 Å². The quantitative estimate of drug-likeness (QED) is 0.526. The lowest BCUT2D eigenvalue weighted by molar-refractivity contribution is -0.0884. The molecule has 3 nitrogen and oxygen atoms in total. The number of halogens is 3. The van der Waals surface area contributed by atoms with Gasteiger partial charge in [0.2, 0.25) is 0 Å². The third-order valence-corrected chi connectivity index (χ3v) is 2.58. The summed E-state index contributed by atoms with van der Waals surface area (Å²) in [7, 11) is 0. The maximum absolute atomic E-state index is 12.5. The third kappa shape index (κ3) is 8.42. The van der Waals surface area contributed by atoms with E-state index in [0.717, 1.165) is 12.2 Å². The van der Waals surface area contributed by atoms with Crippen molar-refractivity contribution in [1.82, 2.24) is 4.90 Å². The number of alkyl halides is 3. The molecule has 0 unspecified atom stereocenters. The molecule has 0 aliphatic rings. The Hall–Kier alpha value is -1.46. The summed E-state index contributed by atoms with van der Waals surface area (Å²) in [5, 5.41) is 0. The summed E-state index contributed by atoms with van der Waals surface area (Å²) in [6, 6.07) is 0. The molecule has 0 aromatic rings. The molecule has 1 amide bonds. The van der Waals surface area contributed by atoms with Gasteiger partial charge in [0.1, 0.15) is 5.60 Å². The molecular weight excluding hydrogens is 283 g/mol. The van der Waals surface area contributed by atoms with Crippen LogP contribution < -0.4 is 0 Å². The van der Waals surface area contributed by atoms with E-state index in [9.17, 15) is 18.0 Å². The molecule has 0 atom stereocenters. The zero-order chi connectivity index (χ0) is 16.7. The fourth-order valence-corrected chi connectivity index (χ4v) is 1.56. The Morgan fingerprint density at radius 1 is 1.29 bits per heavy atom. The molecule has 21 heavy (non-hydrogen) atoms. The zero-order valence-electron chi connectivity index (χ0n) is 13.1. The predicted molar refractivity (Wildman–Crippen MR) is 77.1 cm³/mol. The van der Waals surface area contributed by atoms with Gasteiger partial charge in [-0.2, -0.15) is 13.2 Å². The number of allylic oxidation sites excluding steroid dienone is 3. The van der Waals surface area contributed by atoms with Gasteiger partial charge in [-0.25, -0.2) is 4.79 Å². The van der Waals surface area contributed by atoms with Crippen molar-refractivity contribution in [2.45, 2.75) is 52.3 Å². The summed E-state index contributed by atoms with van der Waals surface area (Å²) in [6.45, 7) is 11.0. The number of ether oxygens (including phenoxy) is 1. The predicted octanol–water partition coefficient (Wildman–Crippen LogP) is 4.70. The number of rotatable bonds is 6. The molecule has 0 N–H and O–H groups in total. The van der Waals surface area contributed by atoms with Crippen molar-refractivity contribution in [2.24, 2.45) is 0 Å². The van der Waals surface area contributed by atoms with Crippen LogP contribution in [0, 0.1) is 0 Å². The van der Waals surface area contributed by atoms with Crippen LogP contribution in [0.1, 0.15) is 40.5 Å². The number of carbonyl (C=O) groups is 1. The van der Waals surface area contributed by atoms with Gasteiger partial charge in [0.15, 0.2) is 0 Å². The van der Waals surface area contributed by atoms with E-state index in [0.29, 0.717) is 19.5 Å². The Kier molecular flexibility index (Phi) is 7.53. The minimum atomic E-state index is -4.38. The molecule has 0 radical (unpaired) electrons. The van der Waals surface area contributed by atoms with E-state index in [2.05, 4.69) is 6.58 Å². The van der Waals surface area contributed by atoms with Crippen LogP contribution in [0.15, 0.2) is 24.3 Å². The van der Waals surface area contributed by atoms with Crippen LogP contribution in [0.3, 0.4) is 0 Å². The minimum Gasteiger partial charge on any atom is -0.444 e. The lowest BCUT2D eigenvalue weighted by atomic mass is 10.1. The average Bonchev–Trinajstić information content (AvgIpc) is 2.29. The van der Waals surface area contributed by atoms with Crippen LogP contribution in [0.4, 0.5) is 18.0 Å². The van der Waals surface area contributed by atoms with Crippen molar-refractivity contribution in [3.8, 4) is 0 Å². The van der Waals surface area contributed by atoms with E-state index < -0.39 is 23.4 Å². The van der Waals surface area contributed by atoms with Crippen LogP contribution in [0.25, 0.3) is 0 Å². The lowest BCUT2D eigenvalue weighted by Gasteiger charge is -2.26. The molecule has 0 saturated heterocycles. The molecule has 0 aromatic heterocycles. The highest BCUT2D eigenvalue weighted by Gasteiger charge is 2.30. The Labute approximate surface area is 124 Å². The summed E-state index contributed by atoms with van der Waals surface area (Å²) in [6.07, 6.45) is -2.28. The third-order valence-electron chi connectivity index (χ3n) is 2.58. The molecule has 0 spiro atoms. The number of hydrogen-bond donors (Lipinski definition) is 0. The molecular formula is C15H24F3NO2. The second-order valence-corrected chi connectivity index (χ2v) is 5.56. The molecule has 0 saturated carbocycles. The summed E-state index contributed by atoms with van der Waals surface area (Å²) in [5.41, 5.74) is -1.33. The van der Waals surface area contributed by atoms with Crippen LogP contribution in [0.2, 0.25) is 0 Å². The van der Waals surface area contributed by atoms with Crippen LogP contribution in [-0.4, -0.2) is 35.9 Å². The Balaban J connectivity index is 4.40. The summed E-state index contributed by atoms with van der Waals surface area (Å²) >= 11 is 0. The van der Waals surface area contributed by atoms with Crippen LogP contribution in [-0.2, 0) is 4.74 Å². The van der Waals surface area contributed by atoms with Gasteiger partial charge in [-0.1, -0.05) is 18.7 Å². The lowest BCUT2D eigenvalue weighted by Crippen LogP contribution is -2.37. The van der Waals surface area contributed by atoms with Crippen molar-refractivity contribution in [3.05, 3.63) is 24.3 Å². The van der Waals surface area contributed by atoms with Gasteiger partial charge in [0, 0.05) is 13.1 Å². The van der Waals surface area contributed by atoms with E-state index in [-0.39, 0.29) is 6.42 Å². The Morgan fingerprint density at radius 2 is 1.86 bits per heavy atom. The first-order chi connectivity index (χ1) is 9.51. The fourth-order valence-electron chi connectivity index (χ4n) is 1.56. The first-order valence-corrected chi connectivity index (χ1v) is 6.89. The van der Waals surface area contributed by atoms with Crippen molar-refractivity contribution in [1.29, 1.82) is 0 Å². The van der Waals surface area contributed by atoms with Gasteiger partial charge >= 0.3 is 12.3 Å². The Bertz CT molecular complexity index is 381.